The van der Waals surface area contributed by atoms with Crippen LogP contribution in [0.1, 0.15) is 19.3 Å². The Labute approximate surface area is 70.8 Å². The molecule has 4 atom stereocenters. The molecule has 0 saturated heterocycles. The number of fused-ring (bicyclic) bond motifs is 1. The molecular formula is C9H12O3. The maximum Gasteiger partial charge on any atom is 0.133 e. The van der Waals surface area contributed by atoms with Crippen LogP contribution in [0.2, 0.25) is 0 Å². The molecule has 2 rings (SSSR count). The molecule has 2 saturated carbocycles. The van der Waals surface area contributed by atoms with Crippen LogP contribution in [0.15, 0.2) is 0 Å². The average molecular weight is 168 g/mol. The van der Waals surface area contributed by atoms with Crippen molar-refractivity contribution in [2.45, 2.75) is 25.4 Å². The minimum atomic E-state index is -0.495. The lowest BCUT2D eigenvalue weighted by molar-refractivity contribution is -0.118. The van der Waals surface area contributed by atoms with Gasteiger partial charge in [-0.1, -0.05) is 0 Å². The molecule has 2 fully saturated rings. The highest BCUT2D eigenvalue weighted by atomic mass is 16.3. The number of aliphatic hydroxyl groups excluding tert-OH is 1. The van der Waals surface area contributed by atoms with Crippen LogP contribution in [-0.2, 0) is 9.59 Å². The van der Waals surface area contributed by atoms with Gasteiger partial charge >= 0.3 is 0 Å². The van der Waals surface area contributed by atoms with E-state index in [1.165, 1.54) is 0 Å². The van der Waals surface area contributed by atoms with Gasteiger partial charge in [0.15, 0.2) is 0 Å². The predicted molar refractivity (Wildman–Crippen MR) is 41.4 cm³/mol. The number of rotatable bonds is 1. The van der Waals surface area contributed by atoms with Crippen molar-refractivity contribution in [3.05, 3.63) is 0 Å². The fraction of sp³-hybridized carbons (Fsp3) is 0.778. The maximum absolute atomic E-state index is 11.0. The maximum atomic E-state index is 11.0. The van der Waals surface area contributed by atoms with Gasteiger partial charge in [-0.3, -0.25) is 4.79 Å². The van der Waals surface area contributed by atoms with Crippen molar-refractivity contribution in [3.8, 4) is 0 Å². The summed E-state index contributed by atoms with van der Waals surface area (Å²) in [4.78, 5) is 21.6. The van der Waals surface area contributed by atoms with E-state index in [0.717, 1.165) is 6.29 Å². The van der Waals surface area contributed by atoms with Crippen molar-refractivity contribution in [2.24, 2.45) is 17.8 Å². The van der Waals surface area contributed by atoms with Crippen molar-refractivity contribution in [3.63, 3.8) is 0 Å². The summed E-state index contributed by atoms with van der Waals surface area (Å²) in [6.45, 7) is 0. The van der Waals surface area contributed by atoms with E-state index >= 15 is 0 Å². The fourth-order valence-electron chi connectivity index (χ4n) is 2.61. The van der Waals surface area contributed by atoms with Crippen molar-refractivity contribution >= 4 is 12.1 Å². The van der Waals surface area contributed by atoms with E-state index in [9.17, 15) is 14.7 Å². The number of carbonyl (C=O) groups is 2. The van der Waals surface area contributed by atoms with Gasteiger partial charge in [-0.2, -0.15) is 0 Å². The van der Waals surface area contributed by atoms with Crippen molar-refractivity contribution in [2.75, 3.05) is 0 Å². The molecule has 2 unspecified atom stereocenters. The van der Waals surface area contributed by atoms with Crippen molar-refractivity contribution in [1.82, 2.24) is 0 Å². The zero-order valence-corrected chi connectivity index (χ0v) is 6.77. The van der Waals surface area contributed by atoms with Crippen LogP contribution in [0.5, 0.6) is 0 Å². The number of aliphatic hydroxyl groups is 1. The monoisotopic (exact) mass is 168 g/mol. The zero-order valence-electron chi connectivity index (χ0n) is 6.77. The lowest BCUT2D eigenvalue weighted by atomic mass is 9.93. The van der Waals surface area contributed by atoms with E-state index in [1.54, 1.807) is 0 Å². The molecular weight excluding hydrogens is 156 g/mol. The van der Waals surface area contributed by atoms with Crippen LogP contribution in [-0.4, -0.2) is 23.3 Å². The first-order valence-corrected chi connectivity index (χ1v) is 4.37. The largest absolute Gasteiger partial charge is 0.392 e. The van der Waals surface area contributed by atoms with Gasteiger partial charge < -0.3 is 9.90 Å². The smallest absolute Gasteiger partial charge is 0.133 e. The molecule has 1 N–H and O–H groups in total. The Balaban J connectivity index is 2.16. The third-order valence-electron chi connectivity index (χ3n) is 3.20. The predicted octanol–water partition coefficient (Wildman–Crippen LogP) is 0.161. The Bertz CT molecular complexity index is 224. The van der Waals surface area contributed by atoms with Gasteiger partial charge in [0, 0.05) is 18.8 Å². The number of Topliss-reactive ketones (excluding diaryl/α,β-unsaturated/α-hetero) is 1. The highest BCUT2D eigenvalue weighted by Crippen LogP contribution is 2.45. The van der Waals surface area contributed by atoms with E-state index in [2.05, 4.69) is 0 Å². The van der Waals surface area contributed by atoms with Crippen LogP contribution in [0, 0.1) is 17.8 Å². The summed E-state index contributed by atoms with van der Waals surface area (Å²) in [6, 6.07) is 0. The van der Waals surface area contributed by atoms with Crippen LogP contribution >= 0.6 is 0 Å². The van der Waals surface area contributed by atoms with Crippen molar-refractivity contribution < 1.29 is 14.7 Å². The minimum Gasteiger partial charge on any atom is -0.392 e. The van der Waals surface area contributed by atoms with Gasteiger partial charge in [-0.05, 0) is 18.3 Å². The summed E-state index contributed by atoms with van der Waals surface area (Å²) >= 11 is 0. The summed E-state index contributed by atoms with van der Waals surface area (Å²) in [5.41, 5.74) is 0. The summed E-state index contributed by atoms with van der Waals surface area (Å²) in [5, 5.41) is 9.44. The summed E-state index contributed by atoms with van der Waals surface area (Å²) in [7, 11) is 0. The second-order valence-corrected chi connectivity index (χ2v) is 3.89. The molecule has 3 nitrogen and oxygen atoms in total. The number of hydrogen-bond donors (Lipinski definition) is 1. The average Bonchev–Trinajstić information content (AvgIpc) is 2.43. The first-order chi connectivity index (χ1) is 5.72. The highest BCUT2D eigenvalue weighted by Gasteiger charge is 2.47. The molecule has 0 aromatic rings. The molecule has 0 aliphatic heterocycles. The van der Waals surface area contributed by atoms with Crippen LogP contribution in [0.3, 0.4) is 0 Å². The number of carbonyl (C=O) groups excluding carboxylic acids is 2. The summed E-state index contributed by atoms with van der Waals surface area (Å²) in [6.07, 6.45) is 2.04. The first kappa shape index (κ1) is 7.92. The van der Waals surface area contributed by atoms with Gasteiger partial charge in [0.25, 0.3) is 0 Å². The molecule has 0 bridgehead atoms. The number of hydrogen-bond acceptors (Lipinski definition) is 3. The topological polar surface area (TPSA) is 54.4 Å². The van der Waals surface area contributed by atoms with E-state index in [0.29, 0.717) is 19.3 Å². The third kappa shape index (κ3) is 1.00. The molecule has 3 heteroatoms. The molecule has 0 aromatic carbocycles. The molecule has 0 amide bonds. The SMILES string of the molecule is O=C[C@@H]1C2CC(=O)CC2C[C@H]1O. The first-order valence-electron chi connectivity index (χ1n) is 4.37. The molecule has 2 aliphatic rings. The van der Waals surface area contributed by atoms with E-state index in [4.69, 9.17) is 0 Å². The van der Waals surface area contributed by atoms with E-state index < -0.39 is 6.10 Å². The molecule has 12 heavy (non-hydrogen) atoms. The molecule has 0 heterocycles. The van der Waals surface area contributed by atoms with Crippen LogP contribution < -0.4 is 0 Å². The fourth-order valence-corrected chi connectivity index (χ4v) is 2.61. The van der Waals surface area contributed by atoms with Crippen LogP contribution in [0.4, 0.5) is 0 Å². The zero-order chi connectivity index (χ0) is 8.72. The molecule has 2 aliphatic carbocycles. The highest BCUT2D eigenvalue weighted by molar-refractivity contribution is 5.82. The standard InChI is InChI=1S/C9H12O3/c10-4-8-7-3-6(11)1-5(7)2-9(8)12/h4-5,7-9,12H,1-3H2/t5?,7?,8-,9-/m1/s1. The molecule has 66 valence electrons. The quantitative estimate of drug-likeness (QED) is 0.567. The minimum absolute atomic E-state index is 0.144. The normalized spacial score (nSPS) is 46.2. The number of aldehydes is 1. The number of ketones is 1. The lowest BCUT2D eigenvalue weighted by Gasteiger charge is -2.12. The van der Waals surface area contributed by atoms with Crippen LogP contribution in [0.25, 0.3) is 0 Å². The summed E-state index contributed by atoms with van der Waals surface area (Å²) in [5.74, 6) is 0.401. The Morgan fingerprint density at radius 2 is 2.17 bits per heavy atom. The summed E-state index contributed by atoms with van der Waals surface area (Å²) < 4.78 is 0. The third-order valence-corrected chi connectivity index (χ3v) is 3.20. The molecule has 0 spiro atoms. The van der Waals surface area contributed by atoms with Gasteiger partial charge in [0.05, 0.1) is 6.10 Å². The lowest BCUT2D eigenvalue weighted by Crippen LogP contribution is -2.20. The van der Waals surface area contributed by atoms with Gasteiger partial charge in [0.2, 0.25) is 0 Å². The Morgan fingerprint density at radius 1 is 1.42 bits per heavy atom. The van der Waals surface area contributed by atoms with E-state index in [1.807, 2.05) is 0 Å². The van der Waals surface area contributed by atoms with Gasteiger partial charge in [-0.25, -0.2) is 0 Å². The second-order valence-electron chi connectivity index (χ2n) is 3.89. The Hall–Kier alpha value is -0.700. The van der Waals surface area contributed by atoms with Gasteiger partial charge in [0.1, 0.15) is 12.1 Å². The van der Waals surface area contributed by atoms with Crippen molar-refractivity contribution in [1.29, 1.82) is 0 Å². The Kier molecular flexibility index (Phi) is 1.76. The molecule has 0 aromatic heterocycles. The Morgan fingerprint density at radius 3 is 2.83 bits per heavy atom. The molecule has 0 radical (unpaired) electrons. The van der Waals surface area contributed by atoms with Gasteiger partial charge in [-0.15, -0.1) is 0 Å². The second kappa shape index (κ2) is 2.66. The van der Waals surface area contributed by atoms with E-state index in [-0.39, 0.29) is 23.5 Å².